The van der Waals surface area contributed by atoms with Crippen LogP contribution in [0.1, 0.15) is 6.92 Å². The fourth-order valence-electron chi connectivity index (χ4n) is 1.38. The normalized spacial score (nSPS) is 12.4. The molecule has 0 bridgehead atoms. The molecule has 0 aliphatic carbocycles. The van der Waals surface area contributed by atoms with E-state index in [9.17, 15) is 9.59 Å². The number of carbonyl (C=O) groups is 2. The van der Waals surface area contributed by atoms with Gasteiger partial charge in [-0.25, -0.2) is 0 Å². The lowest BCUT2D eigenvalue weighted by atomic mass is 10.2. The van der Waals surface area contributed by atoms with Gasteiger partial charge in [-0.05, 0) is 6.92 Å². The second-order valence-corrected chi connectivity index (χ2v) is 3.82. The monoisotopic (exact) mass is 262 g/mol. The van der Waals surface area contributed by atoms with Crippen LogP contribution in [-0.4, -0.2) is 75.0 Å². The van der Waals surface area contributed by atoms with Crippen molar-refractivity contribution in [2.75, 3.05) is 47.1 Å². The summed E-state index contributed by atoms with van der Waals surface area (Å²) in [4.78, 5) is 24.0. The molecule has 0 aliphatic rings. The molecule has 0 aromatic carbocycles. The van der Waals surface area contributed by atoms with Crippen molar-refractivity contribution in [2.45, 2.75) is 13.0 Å². The van der Waals surface area contributed by atoms with Gasteiger partial charge in [0.15, 0.2) is 0 Å². The lowest BCUT2D eigenvalue weighted by Crippen LogP contribution is -2.48. The number of amides is 1. The van der Waals surface area contributed by atoms with E-state index in [0.717, 1.165) is 0 Å². The predicted octanol–water partition coefficient (Wildman–Crippen LogP) is -0.829. The van der Waals surface area contributed by atoms with Crippen molar-refractivity contribution in [3.63, 3.8) is 0 Å². The highest BCUT2D eigenvalue weighted by Gasteiger charge is 2.22. The zero-order valence-corrected chi connectivity index (χ0v) is 11.1. The first kappa shape index (κ1) is 16.8. The second-order valence-electron chi connectivity index (χ2n) is 3.82. The van der Waals surface area contributed by atoms with Crippen LogP contribution in [0.2, 0.25) is 0 Å². The minimum atomic E-state index is -0.970. The van der Waals surface area contributed by atoms with Crippen LogP contribution in [0.15, 0.2) is 0 Å². The lowest BCUT2D eigenvalue weighted by Gasteiger charge is -2.26. The Labute approximate surface area is 107 Å². The van der Waals surface area contributed by atoms with Crippen molar-refractivity contribution in [3.8, 4) is 0 Å². The number of hydrogen-bond acceptors (Lipinski definition) is 5. The van der Waals surface area contributed by atoms with Crippen molar-refractivity contribution >= 4 is 11.9 Å². The molecule has 7 nitrogen and oxygen atoms in total. The summed E-state index contributed by atoms with van der Waals surface area (Å²) in [6, 6.07) is -0.520. The Bertz CT molecular complexity index is 260. The van der Waals surface area contributed by atoms with E-state index in [4.69, 9.17) is 14.6 Å². The average Bonchev–Trinajstić information content (AvgIpc) is 2.33. The number of rotatable bonds is 10. The van der Waals surface area contributed by atoms with Crippen molar-refractivity contribution in [3.05, 3.63) is 0 Å². The molecule has 0 rings (SSSR count). The molecule has 1 atom stereocenters. The van der Waals surface area contributed by atoms with Crippen LogP contribution >= 0.6 is 0 Å². The zero-order chi connectivity index (χ0) is 14.0. The first-order valence-electron chi connectivity index (χ1n) is 5.74. The van der Waals surface area contributed by atoms with Crippen LogP contribution in [0, 0.1) is 0 Å². The third kappa shape index (κ3) is 7.21. The zero-order valence-electron chi connectivity index (χ0n) is 11.1. The highest BCUT2D eigenvalue weighted by atomic mass is 16.5. The molecule has 1 unspecified atom stereocenters. The Kier molecular flexibility index (Phi) is 9.17. The maximum atomic E-state index is 11.8. The number of nitrogens with zero attached hydrogens (tertiary/aromatic N) is 1. The number of aliphatic carboxylic acids is 1. The summed E-state index contributed by atoms with van der Waals surface area (Å²) in [5, 5.41) is 11.5. The molecule has 18 heavy (non-hydrogen) atoms. The van der Waals surface area contributed by atoms with Crippen molar-refractivity contribution in [1.29, 1.82) is 0 Å². The van der Waals surface area contributed by atoms with Gasteiger partial charge in [0.2, 0.25) is 5.91 Å². The minimum absolute atomic E-state index is 0.192. The van der Waals surface area contributed by atoms with E-state index in [2.05, 4.69) is 5.32 Å². The Morgan fingerprint density at radius 2 is 1.89 bits per heavy atom. The summed E-state index contributed by atoms with van der Waals surface area (Å²) < 4.78 is 9.72. The van der Waals surface area contributed by atoms with E-state index >= 15 is 0 Å². The van der Waals surface area contributed by atoms with Crippen LogP contribution in [0.25, 0.3) is 0 Å². The van der Waals surface area contributed by atoms with Crippen molar-refractivity contribution < 1.29 is 24.2 Å². The smallest absolute Gasteiger partial charge is 0.317 e. The van der Waals surface area contributed by atoms with Gasteiger partial charge in [-0.15, -0.1) is 0 Å². The van der Waals surface area contributed by atoms with Gasteiger partial charge in [0.25, 0.3) is 0 Å². The van der Waals surface area contributed by atoms with Gasteiger partial charge < -0.3 is 19.9 Å². The van der Waals surface area contributed by atoms with Gasteiger partial charge in [-0.3, -0.25) is 14.5 Å². The molecule has 0 aromatic heterocycles. The van der Waals surface area contributed by atoms with Crippen molar-refractivity contribution in [1.82, 2.24) is 10.2 Å². The van der Waals surface area contributed by atoms with Crippen LogP contribution in [0.3, 0.4) is 0 Å². The van der Waals surface area contributed by atoms with Crippen LogP contribution < -0.4 is 5.32 Å². The van der Waals surface area contributed by atoms with E-state index in [1.54, 1.807) is 18.9 Å². The fourth-order valence-corrected chi connectivity index (χ4v) is 1.38. The molecule has 1 amide bonds. The summed E-state index contributed by atoms with van der Waals surface area (Å²) >= 11 is 0. The highest BCUT2D eigenvalue weighted by molar-refractivity contribution is 5.82. The number of carbonyl (C=O) groups excluding carboxylic acids is 1. The fraction of sp³-hybridized carbons (Fsp3) is 0.818. The molecule has 0 spiro atoms. The van der Waals surface area contributed by atoms with Gasteiger partial charge in [0, 0.05) is 27.3 Å². The molecule has 0 aromatic rings. The Morgan fingerprint density at radius 3 is 2.39 bits per heavy atom. The SMILES string of the molecule is COCCNC(=O)C(C)N(CCOC)CC(=O)O. The number of methoxy groups -OCH3 is 2. The van der Waals surface area contributed by atoms with Gasteiger partial charge in [0.05, 0.1) is 25.8 Å². The van der Waals surface area contributed by atoms with E-state index in [-0.39, 0.29) is 12.5 Å². The lowest BCUT2D eigenvalue weighted by molar-refractivity contribution is -0.140. The molecule has 0 heterocycles. The Balaban J connectivity index is 4.28. The van der Waals surface area contributed by atoms with Gasteiger partial charge in [-0.1, -0.05) is 0 Å². The summed E-state index contributed by atoms with van der Waals surface area (Å²) in [5.41, 5.74) is 0. The molecule has 0 fully saturated rings. The number of carboxylic acid groups (broad SMARTS) is 1. The molecule has 0 radical (unpaired) electrons. The number of hydrogen-bond donors (Lipinski definition) is 2. The topological polar surface area (TPSA) is 88.1 Å². The van der Waals surface area contributed by atoms with Gasteiger partial charge in [-0.2, -0.15) is 0 Å². The van der Waals surface area contributed by atoms with Crippen LogP contribution in [-0.2, 0) is 19.1 Å². The Hall–Kier alpha value is -1.18. The molecule has 2 N–H and O–H groups in total. The standard InChI is InChI=1S/C11H22N2O5/c1-9(11(16)12-4-6-17-2)13(5-7-18-3)8-10(14)15/h9H,4-8H2,1-3H3,(H,12,16)(H,14,15). The second kappa shape index (κ2) is 9.81. The highest BCUT2D eigenvalue weighted by Crippen LogP contribution is 1.99. The average molecular weight is 262 g/mol. The number of nitrogens with one attached hydrogen (secondary N) is 1. The van der Waals surface area contributed by atoms with E-state index in [0.29, 0.717) is 26.3 Å². The molecule has 0 aliphatic heterocycles. The molecule has 106 valence electrons. The summed E-state index contributed by atoms with van der Waals surface area (Å²) in [6.07, 6.45) is 0. The number of ether oxygens (including phenoxy) is 2. The van der Waals surface area contributed by atoms with Crippen LogP contribution in [0.5, 0.6) is 0 Å². The third-order valence-electron chi connectivity index (χ3n) is 2.45. The van der Waals surface area contributed by atoms with E-state index in [1.807, 2.05) is 0 Å². The molecular weight excluding hydrogens is 240 g/mol. The largest absolute Gasteiger partial charge is 0.480 e. The van der Waals surface area contributed by atoms with E-state index in [1.165, 1.54) is 7.11 Å². The first-order chi connectivity index (χ1) is 8.52. The Morgan fingerprint density at radius 1 is 1.28 bits per heavy atom. The summed E-state index contributed by atoms with van der Waals surface area (Å²) in [6.45, 7) is 3.08. The quantitative estimate of drug-likeness (QED) is 0.500. The molecule has 7 heteroatoms. The summed E-state index contributed by atoms with van der Waals surface area (Å²) in [7, 11) is 3.08. The molecule has 0 saturated carbocycles. The van der Waals surface area contributed by atoms with Crippen molar-refractivity contribution in [2.24, 2.45) is 0 Å². The minimum Gasteiger partial charge on any atom is -0.480 e. The number of carboxylic acids is 1. The van der Waals surface area contributed by atoms with Gasteiger partial charge in [0.1, 0.15) is 0 Å². The maximum Gasteiger partial charge on any atom is 0.317 e. The summed E-state index contributed by atoms with van der Waals surface area (Å²) in [5.74, 6) is -1.19. The third-order valence-corrected chi connectivity index (χ3v) is 2.45. The molecular formula is C11H22N2O5. The molecule has 0 saturated heterocycles. The van der Waals surface area contributed by atoms with Gasteiger partial charge >= 0.3 is 5.97 Å². The first-order valence-corrected chi connectivity index (χ1v) is 5.74. The van der Waals surface area contributed by atoms with E-state index < -0.39 is 12.0 Å². The predicted molar refractivity (Wildman–Crippen MR) is 65.4 cm³/mol. The van der Waals surface area contributed by atoms with Crippen LogP contribution in [0.4, 0.5) is 0 Å². The maximum absolute atomic E-state index is 11.8.